The van der Waals surface area contributed by atoms with Crippen LogP contribution in [0.1, 0.15) is 23.5 Å². The molecule has 0 spiro atoms. The Morgan fingerprint density at radius 3 is 2.06 bits per heavy atom. The number of aliphatic hydroxyl groups is 1. The van der Waals surface area contributed by atoms with Crippen molar-refractivity contribution in [3.05, 3.63) is 59.7 Å². The number of halogens is 3. The van der Waals surface area contributed by atoms with Crippen LogP contribution in [0.2, 0.25) is 0 Å². The maximum atomic E-state index is 13.3. The van der Waals surface area contributed by atoms with Gasteiger partial charge >= 0.3 is 18.2 Å². The van der Waals surface area contributed by atoms with Crippen LogP contribution in [-0.4, -0.2) is 59.7 Å². The lowest BCUT2D eigenvalue weighted by Crippen LogP contribution is -2.56. The summed E-state index contributed by atoms with van der Waals surface area (Å²) in [5, 5.41) is 21.2. The number of amides is 2. The summed E-state index contributed by atoms with van der Waals surface area (Å²) in [6.07, 6.45) is -8.94. The molecule has 2 unspecified atom stereocenters. The van der Waals surface area contributed by atoms with Crippen molar-refractivity contribution in [3.63, 3.8) is 0 Å². The van der Waals surface area contributed by atoms with Gasteiger partial charge in [0.25, 0.3) is 5.91 Å². The first-order chi connectivity index (χ1) is 15.6. The first kappa shape index (κ1) is 24.1. The topological polar surface area (TPSA) is 125 Å². The van der Waals surface area contributed by atoms with Gasteiger partial charge in [-0.3, -0.25) is 9.59 Å². The summed E-state index contributed by atoms with van der Waals surface area (Å²) in [6.45, 7) is -0.979. The molecule has 3 rings (SSSR count). The Morgan fingerprint density at radius 2 is 1.55 bits per heavy atom. The predicted molar refractivity (Wildman–Crippen MR) is 109 cm³/mol. The maximum Gasteiger partial charge on any atom is 0.417 e. The lowest BCUT2D eigenvalue weighted by molar-refractivity contribution is -0.168. The number of carbonyl (C=O) groups is 3. The molecule has 8 nitrogen and oxygen atoms in total. The molecular weight excluding hydrogens is 445 g/mol. The second-order valence-corrected chi connectivity index (χ2v) is 7.44. The summed E-state index contributed by atoms with van der Waals surface area (Å²) in [5.41, 5.74) is 3.61. The molecule has 0 heterocycles. The number of fused-ring (bicyclic) bond motifs is 3. The molecule has 2 aromatic carbocycles. The van der Waals surface area contributed by atoms with Crippen LogP contribution in [0.25, 0.3) is 11.1 Å². The molecule has 176 valence electrons. The summed E-state index contributed by atoms with van der Waals surface area (Å²) in [7, 11) is 0. The molecule has 2 amide bonds. The first-order valence-corrected chi connectivity index (χ1v) is 9.93. The summed E-state index contributed by atoms with van der Waals surface area (Å²) in [4.78, 5) is 34.6. The average molecular weight is 466 g/mol. The van der Waals surface area contributed by atoms with E-state index in [0.29, 0.717) is 0 Å². The van der Waals surface area contributed by atoms with Gasteiger partial charge in [0.2, 0.25) is 6.04 Å². The molecule has 0 saturated heterocycles. The van der Waals surface area contributed by atoms with Crippen molar-refractivity contribution in [2.45, 2.75) is 30.7 Å². The third kappa shape index (κ3) is 5.80. The van der Waals surface area contributed by atoms with Gasteiger partial charge in [-0.2, -0.15) is 13.2 Å². The maximum absolute atomic E-state index is 13.3. The molecule has 11 heteroatoms. The standard InChI is InChI=1S/C22H21F3N2O6/c23-22(24,25)19(20(31)26-10-12(28)9-18(29)30)27-21(32)33-11-17-15-7-3-1-5-13(15)14-6-2-4-8-16(14)17/h1-8,12,17,19,28H,9-11H2,(H,26,31)(H,27,32)(H,29,30). The number of rotatable bonds is 8. The van der Waals surface area contributed by atoms with Crippen molar-refractivity contribution in [1.82, 2.24) is 10.6 Å². The van der Waals surface area contributed by atoms with Crippen LogP contribution in [0.15, 0.2) is 48.5 Å². The SMILES string of the molecule is O=C(O)CC(O)CNC(=O)C(NC(=O)OCC1c2ccccc2-c2ccccc21)C(F)(F)F. The lowest BCUT2D eigenvalue weighted by atomic mass is 9.98. The van der Waals surface area contributed by atoms with E-state index in [0.717, 1.165) is 22.3 Å². The third-order valence-corrected chi connectivity index (χ3v) is 5.12. The number of alkyl carbamates (subject to hydrolysis) is 1. The molecular formula is C22H21F3N2O6. The van der Waals surface area contributed by atoms with Crippen LogP contribution in [0, 0.1) is 0 Å². The van der Waals surface area contributed by atoms with Crippen molar-refractivity contribution < 1.29 is 42.5 Å². The molecule has 0 bridgehead atoms. The van der Waals surface area contributed by atoms with Gasteiger partial charge in [0.15, 0.2) is 0 Å². The number of hydrogen-bond donors (Lipinski definition) is 4. The van der Waals surface area contributed by atoms with Crippen molar-refractivity contribution in [1.29, 1.82) is 0 Å². The zero-order valence-corrected chi connectivity index (χ0v) is 17.1. The minimum Gasteiger partial charge on any atom is -0.481 e. The first-order valence-electron chi connectivity index (χ1n) is 9.93. The second-order valence-electron chi connectivity index (χ2n) is 7.44. The Labute approximate surface area is 186 Å². The monoisotopic (exact) mass is 466 g/mol. The number of aliphatic hydroxyl groups excluding tert-OH is 1. The van der Waals surface area contributed by atoms with Crippen LogP contribution < -0.4 is 10.6 Å². The molecule has 0 aromatic heterocycles. The van der Waals surface area contributed by atoms with Crippen molar-refractivity contribution in [2.24, 2.45) is 0 Å². The Kier molecular flexibility index (Phi) is 7.22. The molecule has 0 fully saturated rings. The molecule has 0 radical (unpaired) electrons. The minimum absolute atomic E-state index is 0.247. The van der Waals surface area contributed by atoms with Gasteiger partial charge in [-0.1, -0.05) is 48.5 Å². The minimum atomic E-state index is -5.15. The fraction of sp³-hybridized carbons (Fsp3) is 0.318. The summed E-state index contributed by atoms with van der Waals surface area (Å²) < 4.78 is 45.0. The van der Waals surface area contributed by atoms with Crippen LogP contribution in [0.4, 0.5) is 18.0 Å². The van der Waals surface area contributed by atoms with E-state index >= 15 is 0 Å². The van der Waals surface area contributed by atoms with E-state index < -0.39 is 49.3 Å². The normalized spacial score (nSPS) is 14.5. The highest BCUT2D eigenvalue weighted by Gasteiger charge is 2.46. The highest BCUT2D eigenvalue weighted by Crippen LogP contribution is 2.44. The van der Waals surface area contributed by atoms with Crippen molar-refractivity contribution >= 4 is 18.0 Å². The van der Waals surface area contributed by atoms with Gasteiger partial charge in [0.05, 0.1) is 12.5 Å². The molecule has 1 aliphatic rings. The molecule has 2 atom stereocenters. The molecule has 4 N–H and O–H groups in total. The molecule has 0 aliphatic heterocycles. The number of benzene rings is 2. The average Bonchev–Trinajstić information content (AvgIpc) is 3.07. The van der Waals surface area contributed by atoms with Gasteiger partial charge in [0.1, 0.15) is 6.61 Å². The zero-order valence-electron chi connectivity index (χ0n) is 17.1. The van der Waals surface area contributed by atoms with E-state index in [2.05, 4.69) is 0 Å². The van der Waals surface area contributed by atoms with Gasteiger partial charge in [0, 0.05) is 12.5 Å². The molecule has 1 aliphatic carbocycles. The molecule has 2 aromatic rings. The Hall–Kier alpha value is -3.60. The van der Waals surface area contributed by atoms with E-state index in [9.17, 15) is 32.7 Å². The van der Waals surface area contributed by atoms with Crippen molar-refractivity contribution in [3.8, 4) is 11.1 Å². The number of carboxylic acids is 1. The number of alkyl halides is 3. The van der Waals surface area contributed by atoms with Crippen LogP contribution in [-0.2, 0) is 14.3 Å². The van der Waals surface area contributed by atoms with Gasteiger partial charge in [-0.05, 0) is 22.3 Å². The summed E-state index contributed by atoms with van der Waals surface area (Å²) in [6, 6.07) is 11.9. The number of carbonyl (C=O) groups excluding carboxylic acids is 2. The van der Waals surface area contributed by atoms with Crippen LogP contribution >= 0.6 is 0 Å². The quantitative estimate of drug-likeness (QED) is 0.474. The van der Waals surface area contributed by atoms with Gasteiger partial charge in [-0.25, -0.2) is 4.79 Å². The highest BCUT2D eigenvalue weighted by atomic mass is 19.4. The predicted octanol–water partition coefficient (Wildman–Crippen LogP) is 2.41. The molecule has 0 saturated carbocycles. The largest absolute Gasteiger partial charge is 0.481 e. The highest BCUT2D eigenvalue weighted by molar-refractivity contribution is 5.86. The smallest absolute Gasteiger partial charge is 0.417 e. The Balaban J connectivity index is 1.63. The zero-order chi connectivity index (χ0) is 24.2. The number of ether oxygens (including phenoxy) is 1. The third-order valence-electron chi connectivity index (χ3n) is 5.12. The number of carboxylic acid groups (broad SMARTS) is 1. The van der Waals surface area contributed by atoms with E-state index in [4.69, 9.17) is 9.84 Å². The lowest BCUT2D eigenvalue weighted by Gasteiger charge is -2.22. The van der Waals surface area contributed by atoms with Crippen LogP contribution in [0.5, 0.6) is 0 Å². The molecule has 33 heavy (non-hydrogen) atoms. The van der Waals surface area contributed by atoms with E-state index in [1.807, 2.05) is 36.4 Å². The van der Waals surface area contributed by atoms with Gasteiger partial charge in [-0.15, -0.1) is 0 Å². The Morgan fingerprint density at radius 1 is 1.00 bits per heavy atom. The van der Waals surface area contributed by atoms with Gasteiger partial charge < -0.3 is 25.6 Å². The fourth-order valence-corrected chi connectivity index (χ4v) is 3.65. The summed E-state index contributed by atoms with van der Waals surface area (Å²) in [5.74, 6) is -3.42. The second kappa shape index (κ2) is 9.90. The van der Waals surface area contributed by atoms with E-state index in [1.165, 1.54) is 5.32 Å². The van der Waals surface area contributed by atoms with Crippen LogP contribution in [0.3, 0.4) is 0 Å². The number of nitrogens with one attached hydrogen (secondary N) is 2. The number of aliphatic carboxylic acids is 1. The Bertz CT molecular complexity index is 997. The van der Waals surface area contributed by atoms with E-state index in [1.54, 1.807) is 17.4 Å². The van der Waals surface area contributed by atoms with E-state index in [-0.39, 0.29) is 12.5 Å². The summed E-state index contributed by atoms with van der Waals surface area (Å²) >= 11 is 0. The fourth-order valence-electron chi connectivity index (χ4n) is 3.65. The number of hydrogen-bond acceptors (Lipinski definition) is 5. The van der Waals surface area contributed by atoms with Crippen molar-refractivity contribution in [2.75, 3.05) is 13.2 Å².